The van der Waals surface area contributed by atoms with Crippen molar-refractivity contribution >= 4 is 17.7 Å². The average Bonchev–Trinajstić information content (AvgIpc) is 3.43. The van der Waals surface area contributed by atoms with Crippen LogP contribution in [0.15, 0.2) is 52.4 Å². The summed E-state index contributed by atoms with van der Waals surface area (Å²) in [6.07, 6.45) is 6.12. The average molecular weight is 439 g/mol. The summed E-state index contributed by atoms with van der Waals surface area (Å²) >= 11 is 1.26. The van der Waals surface area contributed by atoms with Crippen LogP contribution < -0.4 is 9.47 Å². The molecule has 0 N–H and O–H groups in total. The molecular formula is C22H22N4O4S. The lowest BCUT2D eigenvalue weighted by atomic mass is 10.0. The van der Waals surface area contributed by atoms with Gasteiger partial charge in [0, 0.05) is 25.4 Å². The first-order valence-corrected chi connectivity index (χ1v) is 11.3. The van der Waals surface area contributed by atoms with Crippen molar-refractivity contribution in [2.24, 2.45) is 0 Å². The zero-order chi connectivity index (χ0) is 21.0. The molecule has 2 aliphatic rings. The molecule has 160 valence electrons. The second kappa shape index (κ2) is 8.97. The van der Waals surface area contributed by atoms with Crippen molar-refractivity contribution in [3.63, 3.8) is 0 Å². The van der Waals surface area contributed by atoms with E-state index in [0.717, 1.165) is 48.4 Å². The number of ether oxygens (including phenoxy) is 2. The highest BCUT2D eigenvalue weighted by Crippen LogP contribution is 2.38. The van der Waals surface area contributed by atoms with Gasteiger partial charge in [0.1, 0.15) is 0 Å². The fraction of sp³-hybridized carbons (Fsp3) is 0.364. The van der Waals surface area contributed by atoms with Crippen molar-refractivity contribution in [3.8, 4) is 23.0 Å². The number of hydrogen-bond donors (Lipinski definition) is 0. The molecule has 1 aromatic carbocycles. The Labute approximate surface area is 184 Å². The van der Waals surface area contributed by atoms with Crippen LogP contribution in [0, 0.1) is 0 Å². The second-order valence-corrected chi connectivity index (χ2v) is 8.33. The SMILES string of the molecule is O=C(CSc1nnc(-c2cccnc2)o1)N1CCCC1c1ccc2c(c1)OCCCO2. The maximum absolute atomic E-state index is 13.0. The Hall–Kier alpha value is -3.07. The van der Waals surface area contributed by atoms with Crippen LogP contribution in [0.2, 0.25) is 0 Å². The number of aromatic nitrogens is 3. The molecule has 1 fully saturated rings. The van der Waals surface area contributed by atoms with Gasteiger partial charge in [-0.1, -0.05) is 17.8 Å². The van der Waals surface area contributed by atoms with E-state index in [1.165, 1.54) is 11.8 Å². The molecule has 0 saturated carbocycles. The molecule has 1 amide bonds. The van der Waals surface area contributed by atoms with Crippen molar-refractivity contribution in [2.75, 3.05) is 25.5 Å². The van der Waals surface area contributed by atoms with E-state index in [-0.39, 0.29) is 17.7 Å². The van der Waals surface area contributed by atoms with Gasteiger partial charge in [0.05, 0.1) is 30.6 Å². The van der Waals surface area contributed by atoms with Crippen LogP contribution in [0.1, 0.15) is 30.9 Å². The number of thioether (sulfide) groups is 1. The Bertz CT molecular complexity index is 1060. The second-order valence-electron chi connectivity index (χ2n) is 7.41. The highest BCUT2D eigenvalue weighted by molar-refractivity contribution is 7.99. The number of amides is 1. The van der Waals surface area contributed by atoms with Gasteiger partial charge in [-0.3, -0.25) is 9.78 Å². The molecule has 0 radical (unpaired) electrons. The zero-order valence-corrected chi connectivity index (χ0v) is 17.7. The topological polar surface area (TPSA) is 90.6 Å². The van der Waals surface area contributed by atoms with Crippen molar-refractivity contribution in [1.82, 2.24) is 20.1 Å². The Morgan fingerprint density at radius 3 is 2.90 bits per heavy atom. The summed E-state index contributed by atoms with van der Waals surface area (Å²) in [7, 11) is 0. The number of carbonyl (C=O) groups excluding carboxylic acids is 1. The van der Waals surface area contributed by atoms with Gasteiger partial charge < -0.3 is 18.8 Å². The van der Waals surface area contributed by atoms with Crippen LogP contribution in [0.25, 0.3) is 11.5 Å². The van der Waals surface area contributed by atoms with Crippen LogP contribution in [0.5, 0.6) is 11.5 Å². The van der Waals surface area contributed by atoms with Crippen molar-refractivity contribution in [1.29, 1.82) is 0 Å². The molecule has 31 heavy (non-hydrogen) atoms. The van der Waals surface area contributed by atoms with Crippen LogP contribution in [-0.2, 0) is 4.79 Å². The first kappa shape index (κ1) is 19.9. The van der Waals surface area contributed by atoms with Crippen LogP contribution in [0.3, 0.4) is 0 Å². The van der Waals surface area contributed by atoms with Crippen molar-refractivity contribution in [2.45, 2.75) is 30.5 Å². The molecule has 1 saturated heterocycles. The summed E-state index contributed by atoms with van der Waals surface area (Å²) in [6, 6.07) is 9.70. The number of hydrogen-bond acceptors (Lipinski definition) is 8. The predicted molar refractivity (Wildman–Crippen MR) is 114 cm³/mol. The number of carbonyl (C=O) groups is 1. The van der Waals surface area contributed by atoms with E-state index in [0.29, 0.717) is 24.3 Å². The van der Waals surface area contributed by atoms with Gasteiger partial charge in [-0.15, -0.1) is 10.2 Å². The first-order valence-electron chi connectivity index (χ1n) is 10.3. The van der Waals surface area contributed by atoms with Gasteiger partial charge >= 0.3 is 0 Å². The van der Waals surface area contributed by atoms with Crippen molar-refractivity contribution < 1.29 is 18.7 Å². The first-order chi connectivity index (χ1) is 15.3. The molecule has 0 bridgehead atoms. The number of likely N-dealkylation sites (tertiary alicyclic amines) is 1. The van der Waals surface area contributed by atoms with E-state index in [1.807, 2.05) is 35.2 Å². The number of rotatable bonds is 5. The smallest absolute Gasteiger partial charge is 0.277 e. The van der Waals surface area contributed by atoms with E-state index < -0.39 is 0 Å². The number of pyridine rings is 1. The maximum atomic E-state index is 13.0. The third-order valence-corrected chi connectivity index (χ3v) is 6.17. The van der Waals surface area contributed by atoms with E-state index >= 15 is 0 Å². The van der Waals surface area contributed by atoms with Gasteiger partial charge in [-0.2, -0.15) is 0 Å². The molecule has 2 aromatic heterocycles. The molecule has 9 heteroatoms. The van der Waals surface area contributed by atoms with Gasteiger partial charge in [0.2, 0.25) is 11.8 Å². The summed E-state index contributed by atoms with van der Waals surface area (Å²) in [5, 5.41) is 8.46. The molecule has 3 aromatic rings. The maximum Gasteiger partial charge on any atom is 0.277 e. The minimum Gasteiger partial charge on any atom is -0.490 e. The normalized spacial score (nSPS) is 18.1. The van der Waals surface area contributed by atoms with Gasteiger partial charge in [0.15, 0.2) is 11.5 Å². The minimum atomic E-state index is 0.0406. The summed E-state index contributed by atoms with van der Waals surface area (Å²) in [6.45, 7) is 2.05. The molecule has 0 aliphatic carbocycles. The monoisotopic (exact) mass is 438 g/mol. The summed E-state index contributed by atoms with van der Waals surface area (Å²) in [4.78, 5) is 19.0. The lowest BCUT2D eigenvalue weighted by Gasteiger charge is -2.25. The number of nitrogens with zero attached hydrogens (tertiary/aromatic N) is 4. The lowest BCUT2D eigenvalue weighted by Crippen LogP contribution is -2.32. The van der Waals surface area contributed by atoms with Gasteiger partial charge in [0.25, 0.3) is 5.22 Å². The molecule has 1 unspecified atom stereocenters. The Balaban J connectivity index is 1.24. The predicted octanol–water partition coefficient (Wildman–Crippen LogP) is 3.75. The van der Waals surface area contributed by atoms with Gasteiger partial charge in [-0.05, 0) is 42.7 Å². The van der Waals surface area contributed by atoms with E-state index in [4.69, 9.17) is 13.9 Å². The quantitative estimate of drug-likeness (QED) is 0.557. The van der Waals surface area contributed by atoms with Gasteiger partial charge in [-0.25, -0.2) is 0 Å². The third-order valence-electron chi connectivity index (χ3n) is 5.36. The standard InChI is InChI=1S/C22H22N4O4S/c27-20(14-31-22-25-24-21(30-22)16-4-1-8-23-13-16)26-9-2-5-17(26)15-6-7-18-19(12-15)29-11-3-10-28-18/h1,4,6-8,12-13,17H,2-3,5,9-11,14H2. The fourth-order valence-corrected chi connectivity index (χ4v) is 4.53. The van der Waals surface area contributed by atoms with E-state index in [2.05, 4.69) is 15.2 Å². The molecule has 5 rings (SSSR count). The summed E-state index contributed by atoms with van der Waals surface area (Å²) < 4.78 is 17.2. The highest BCUT2D eigenvalue weighted by Gasteiger charge is 2.31. The number of benzene rings is 1. The summed E-state index contributed by atoms with van der Waals surface area (Å²) in [5.41, 5.74) is 1.83. The lowest BCUT2D eigenvalue weighted by molar-refractivity contribution is -0.129. The van der Waals surface area contributed by atoms with Crippen LogP contribution >= 0.6 is 11.8 Å². The van der Waals surface area contributed by atoms with Crippen LogP contribution in [0.4, 0.5) is 0 Å². The largest absolute Gasteiger partial charge is 0.490 e. The molecule has 1 atom stereocenters. The summed E-state index contributed by atoms with van der Waals surface area (Å²) in [5.74, 6) is 2.23. The molecule has 2 aliphatic heterocycles. The molecular weight excluding hydrogens is 416 g/mol. The molecule has 4 heterocycles. The Kier molecular flexibility index (Phi) is 5.75. The molecule has 0 spiro atoms. The number of fused-ring (bicyclic) bond motifs is 1. The highest BCUT2D eigenvalue weighted by atomic mass is 32.2. The minimum absolute atomic E-state index is 0.0406. The van der Waals surface area contributed by atoms with Crippen molar-refractivity contribution in [3.05, 3.63) is 48.3 Å². The van der Waals surface area contributed by atoms with E-state index in [1.54, 1.807) is 12.4 Å². The molecule has 8 nitrogen and oxygen atoms in total. The zero-order valence-electron chi connectivity index (χ0n) is 16.9. The third kappa shape index (κ3) is 4.36. The van der Waals surface area contributed by atoms with Crippen LogP contribution in [-0.4, -0.2) is 51.5 Å². The Morgan fingerprint density at radius 2 is 2.03 bits per heavy atom. The van der Waals surface area contributed by atoms with E-state index in [9.17, 15) is 4.79 Å². The fourth-order valence-electron chi connectivity index (χ4n) is 3.88. The Morgan fingerprint density at radius 1 is 1.13 bits per heavy atom.